The van der Waals surface area contributed by atoms with E-state index in [4.69, 9.17) is 4.74 Å². The van der Waals surface area contributed by atoms with Gasteiger partial charge in [0, 0.05) is 26.7 Å². The number of carbonyl (C=O) groups excluding carboxylic acids is 2. The fourth-order valence-electron chi connectivity index (χ4n) is 3.48. The summed E-state index contributed by atoms with van der Waals surface area (Å²) < 4.78 is 42.7. The van der Waals surface area contributed by atoms with E-state index in [-0.39, 0.29) is 30.2 Å². The fourth-order valence-corrected chi connectivity index (χ4v) is 3.48. The molecule has 1 aromatic rings. The summed E-state index contributed by atoms with van der Waals surface area (Å²) in [4.78, 5) is 27.9. The maximum absolute atomic E-state index is 12.6. The quantitative estimate of drug-likeness (QED) is 0.755. The van der Waals surface area contributed by atoms with Gasteiger partial charge in [0.15, 0.2) is 0 Å². The molecular weight excluding hydrogens is 337 g/mol. The number of halogens is 3. The molecular formula is C17H19F3N2O3. The lowest BCUT2D eigenvalue weighted by molar-refractivity contribution is -0.141. The van der Waals surface area contributed by atoms with Gasteiger partial charge < -0.3 is 4.74 Å². The topological polar surface area (TPSA) is 49.9 Å². The SMILES string of the molecule is COCCN1C(=O)[C@H]2CN(Cc3ccc(C(F)(F)F)cc3)C[C@H]2C1=O. The molecule has 0 aliphatic carbocycles. The number of imide groups is 1. The van der Waals surface area contributed by atoms with Gasteiger partial charge in [-0.05, 0) is 17.7 Å². The highest BCUT2D eigenvalue weighted by Gasteiger charge is 2.51. The first-order chi connectivity index (χ1) is 11.8. The number of amides is 2. The molecule has 2 fully saturated rings. The lowest BCUT2D eigenvalue weighted by atomic mass is 10.00. The van der Waals surface area contributed by atoms with Gasteiger partial charge in [-0.2, -0.15) is 13.2 Å². The third-order valence-corrected chi connectivity index (χ3v) is 4.77. The standard InChI is InChI=1S/C17H19F3N2O3/c1-25-7-6-22-15(23)13-9-21(10-14(13)16(22)24)8-11-2-4-12(5-3-11)17(18,19)20/h2-5,13-14H,6-10H2,1H3/t13-,14+. The maximum atomic E-state index is 12.6. The second kappa shape index (κ2) is 6.76. The van der Waals surface area contributed by atoms with Crippen LogP contribution in [0.5, 0.6) is 0 Å². The van der Waals surface area contributed by atoms with Crippen LogP contribution in [0.3, 0.4) is 0 Å². The minimum atomic E-state index is -4.35. The Balaban J connectivity index is 1.61. The van der Waals surface area contributed by atoms with Gasteiger partial charge in [-0.3, -0.25) is 19.4 Å². The van der Waals surface area contributed by atoms with Crippen LogP contribution in [0.25, 0.3) is 0 Å². The van der Waals surface area contributed by atoms with Crippen LogP contribution >= 0.6 is 0 Å². The molecule has 0 saturated carbocycles. The molecule has 0 aromatic heterocycles. The van der Waals surface area contributed by atoms with Crippen molar-refractivity contribution in [1.29, 1.82) is 0 Å². The summed E-state index contributed by atoms with van der Waals surface area (Å²) in [7, 11) is 1.51. The van der Waals surface area contributed by atoms with Crippen LogP contribution in [0.4, 0.5) is 13.2 Å². The van der Waals surface area contributed by atoms with E-state index in [0.717, 1.165) is 17.7 Å². The second-order valence-corrected chi connectivity index (χ2v) is 6.42. The van der Waals surface area contributed by atoms with Crippen molar-refractivity contribution >= 4 is 11.8 Å². The monoisotopic (exact) mass is 356 g/mol. The zero-order chi connectivity index (χ0) is 18.2. The minimum absolute atomic E-state index is 0.179. The number of likely N-dealkylation sites (tertiary alicyclic amines) is 2. The molecule has 25 heavy (non-hydrogen) atoms. The summed E-state index contributed by atoms with van der Waals surface area (Å²) >= 11 is 0. The van der Waals surface area contributed by atoms with E-state index in [1.807, 2.05) is 4.90 Å². The average Bonchev–Trinajstić information content (AvgIpc) is 3.06. The van der Waals surface area contributed by atoms with Crippen molar-refractivity contribution in [1.82, 2.24) is 9.80 Å². The van der Waals surface area contributed by atoms with E-state index in [1.165, 1.54) is 24.1 Å². The zero-order valence-corrected chi connectivity index (χ0v) is 13.8. The molecule has 2 atom stereocenters. The van der Waals surface area contributed by atoms with Gasteiger partial charge in [0.2, 0.25) is 11.8 Å². The number of fused-ring (bicyclic) bond motifs is 1. The van der Waals surface area contributed by atoms with Crippen LogP contribution in [0.1, 0.15) is 11.1 Å². The number of benzene rings is 1. The third-order valence-electron chi connectivity index (χ3n) is 4.77. The first-order valence-corrected chi connectivity index (χ1v) is 8.04. The highest BCUT2D eigenvalue weighted by Crippen LogP contribution is 2.34. The molecule has 2 amide bonds. The summed E-state index contributed by atoms with van der Waals surface area (Å²) in [6.45, 7) is 1.88. The summed E-state index contributed by atoms with van der Waals surface area (Å²) in [5.41, 5.74) is 0.0396. The van der Waals surface area contributed by atoms with E-state index < -0.39 is 11.7 Å². The first-order valence-electron chi connectivity index (χ1n) is 8.04. The van der Waals surface area contributed by atoms with Gasteiger partial charge in [-0.1, -0.05) is 12.1 Å². The number of methoxy groups -OCH3 is 1. The van der Waals surface area contributed by atoms with Gasteiger partial charge in [0.05, 0.1) is 30.6 Å². The predicted octanol–water partition coefficient (Wildman–Crippen LogP) is 1.77. The number of alkyl halides is 3. The molecule has 2 heterocycles. The highest BCUT2D eigenvalue weighted by molar-refractivity contribution is 6.05. The average molecular weight is 356 g/mol. The predicted molar refractivity (Wildman–Crippen MR) is 82.3 cm³/mol. The normalized spacial score (nSPS) is 24.2. The van der Waals surface area contributed by atoms with E-state index in [0.29, 0.717) is 26.2 Å². The van der Waals surface area contributed by atoms with Crippen LogP contribution < -0.4 is 0 Å². The van der Waals surface area contributed by atoms with E-state index in [1.54, 1.807) is 0 Å². The van der Waals surface area contributed by atoms with Crippen molar-refractivity contribution in [2.24, 2.45) is 11.8 Å². The molecule has 2 aliphatic heterocycles. The Hall–Kier alpha value is -1.93. The van der Waals surface area contributed by atoms with E-state index >= 15 is 0 Å². The molecule has 8 heteroatoms. The number of nitrogens with zero attached hydrogens (tertiary/aromatic N) is 2. The molecule has 1 aromatic carbocycles. The summed E-state index contributed by atoms with van der Waals surface area (Å²) in [5, 5.41) is 0. The number of carbonyl (C=O) groups is 2. The van der Waals surface area contributed by atoms with Crippen molar-refractivity contribution < 1.29 is 27.5 Å². The Bertz CT molecular complexity index is 636. The van der Waals surface area contributed by atoms with Crippen molar-refractivity contribution in [2.75, 3.05) is 33.4 Å². The minimum Gasteiger partial charge on any atom is -0.383 e. The van der Waals surface area contributed by atoms with Gasteiger partial charge in [0.1, 0.15) is 0 Å². The smallest absolute Gasteiger partial charge is 0.383 e. The highest BCUT2D eigenvalue weighted by atomic mass is 19.4. The number of hydrogen-bond acceptors (Lipinski definition) is 4. The molecule has 0 unspecified atom stereocenters. The molecule has 2 saturated heterocycles. The molecule has 0 spiro atoms. The third kappa shape index (κ3) is 3.55. The maximum Gasteiger partial charge on any atom is 0.416 e. The van der Waals surface area contributed by atoms with Crippen molar-refractivity contribution in [3.63, 3.8) is 0 Å². The zero-order valence-electron chi connectivity index (χ0n) is 13.8. The fraction of sp³-hybridized carbons (Fsp3) is 0.529. The molecule has 0 bridgehead atoms. The summed E-state index contributed by atoms with van der Waals surface area (Å²) in [6.07, 6.45) is -4.35. The van der Waals surface area contributed by atoms with E-state index in [9.17, 15) is 22.8 Å². The van der Waals surface area contributed by atoms with Crippen LogP contribution in [-0.2, 0) is 27.0 Å². The van der Waals surface area contributed by atoms with Gasteiger partial charge in [-0.25, -0.2) is 0 Å². The van der Waals surface area contributed by atoms with Crippen LogP contribution in [0, 0.1) is 11.8 Å². The molecule has 136 valence electrons. The number of hydrogen-bond donors (Lipinski definition) is 0. The van der Waals surface area contributed by atoms with Gasteiger partial charge in [0.25, 0.3) is 0 Å². The summed E-state index contributed by atoms with van der Waals surface area (Å²) in [5.74, 6) is -1.08. The van der Waals surface area contributed by atoms with Gasteiger partial charge >= 0.3 is 6.18 Å². The molecule has 0 radical (unpaired) electrons. The molecule has 5 nitrogen and oxygen atoms in total. The Morgan fingerprint density at radius 3 is 2.12 bits per heavy atom. The van der Waals surface area contributed by atoms with Crippen LogP contribution in [-0.4, -0.2) is 55.0 Å². The second-order valence-electron chi connectivity index (χ2n) is 6.42. The largest absolute Gasteiger partial charge is 0.416 e. The number of rotatable bonds is 5. The van der Waals surface area contributed by atoms with E-state index in [2.05, 4.69) is 0 Å². The Morgan fingerprint density at radius 1 is 1.08 bits per heavy atom. The Kier molecular flexibility index (Phi) is 4.83. The van der Waals surface area contributed by atoms with Crippen molar-refractivity contribution in [3.8, 4) is 0 Å². The summed E-state index contributed by atoms with van der Waals surface area (Å²) in [6, 6.07) is 4.97. The van der Waals surface area contributed by atoms with Crippen LogP contribution in [0.15, 0.2) is 24.3 Å². The molecule has 3 rings (SSSR count). The lowest BCUT2D eigenvalue weighted by Gasteiger charge is -2.20. The van der Waals surface area contributed by atoms with Crippen molar-refractivity contribution in [3.05, 3.63) is 35.4 Å². The number of ether oxygens (including phenoxy) is 1. The Morgan fingerprint density at radius 2 is 1.64 bits per heavy atom. The van der Waals surface area contributed by atoms with Crippen LogP contribution in [0.2, 0.25) is 0 Å². The molecule has 0 N–H and O–H groups in total. The van der Waals surface area contributed by atoms with Gasteiger partial charge in [-0.15, -0.1) is 0 Å². The first kappa shape index (κ1) is 17.9. The molecule has 2 aliphatic rings. The lowest BCUT2D eigenvalue weighted by Crippen LogP contribution is -2.37. The Labute approximate surface area is 143 Å². The van der Waals surface area contributed by atoms with Crippen molar-refractivity contribution in [2.45, 2.75) is 12.7 Å².